The van der Waals surface area contributed by atoms with E-state index in [0.29, 0.717) is 22.9 Å². The number of aromatic carboxylic acids is 1. The van der Waals surface area contributed by atoms with Gasteiger partial charge in [0.1, 0.15) is 5.76 Å². The summed E-state index contributed by atoms with van der Waals surface area (Å²) in [5.41, 5.74) is 3.15. The summed E-state index contributed by atoms with van der Waals surface area (Å²) in [5, 5.41) is 20.3. The lowest BCUT2D eigenvalue weighted by atomic mass is 10.0. The minimum atomic E-state index is -1.10. The average molecular weight is 403 g/mol. The highest BCUT2D eigenvalue weighted by atomic mass is 35.5. The minimum absolute atomic E-state index is 0.0916. The fourth-order valence-corrected chi connectivity index (χ4v) is 3.36. The number of furan rings is 1. The zero-order chi connectivity index (χ0) is 20.4. The SMILES string of the molecule is N#C/C(=C/c1cn(Cc2ccc(C(=O)O)o2)c2ccccc12)c1ccc(Cl)cc1. The van der Waals surface area contributed by atoms with Crippen LogP contribution in [0.1, 0.15) is 27.4 Å². The van der Waals surface area contributed by atoms with Gasteiger partial charge in [0.25, 0.3) is 0 Å². The van der Waals surface area contributed by atoms with Gasteiger partial charge in [0, 0.05) is 27.7 Å². The van der Waals surface area contributed by atoms with E-state index in [4.69, 9.17) is 21.1 Å². The van der Waals surface area contributed by atoms with Gasteiger partial charge in [-0.1, -0.05) is 41.9 Å². The second kappa shape index (κ2) is 7.70. The molecule has 0 atom stereocenters. The molecule has 0 aliphatic rings. The molecule has 0 saturated heterocycles. The van der Waals surface area contributed by atoms with E-state index in [0.717, 1.165) is 22.0 Å². The Hall–Kier alpha value is -3.75. The molecule has 6 heteroatoms. The Morgan fingerprint density at radius 3 is 2.59 bits per heavy atom. The van der Waals surface area contributed by atoms with Gasteiger partial charge in [-0.2, -0.15) is 5.26 Å². The third kappa shape index (κ3) is 3.79. The van der Waals surface area contributed by atoms with Crippen molar-refractivity contribution in [3.8, 4) is 6.07 Å². The van der Waals surface area contributed by atoms with Crippen LogP contribution < -0.4 is 0 Å². The third-order valence-electron chi connectivity index (χ3n) is 4.59. The van der Waals surface area contributed by atoms with Crippen LogP contribution in [0.5, 0.6) is 0 Å². The first-order valence-corrected chi connectivity index (χ1v) is 9.20. The Kier molecular flexibility index (Phi) is 4.94. The van der Waals surface area contributed by atoms with Crippen molar-refractivity contribution in [1.82, 2.24) is 4.57 Å². The van der Waals surface area contributed by atoms with Crippen LogP contribution in [0.15, 0.2) is 71.3 Å². The molecule has 0 unspecified atom stereocenters. The predicted molar refractivity (Wildman–Crippen MR) is 112 cm³/mol. The summed E-state index contributed by atoms with van der Waals surface area (Å²) in [6.45, 7) is 0.379. The highest BCUT2D eigenvalue weighted by molar-refractivity contribution is 6.30. The van der Waals surface area contributed by atoms with E-state index in [1.165, 1.54) is 6.07 Å². The number of carboxylic acids is 1. The fourth-order valence-electron chi connectivity index (χ4n) is 3.23. The Labute approximate surface area is 171 Å². The predicted octanol–water partition coefficient (Wildman–Crippen LogP) is 5.70. The van der Waals surface area contributed by atoms with E-state index >= 15 is 0 Å². The molecule has 2 aromatic carbocycles. The number of hydrogen-bond acceptors (Lipinski definition) is 3. The van der Waals surface area contributed by atoms with E-state index < -0.39 is 5.97 Å². The summed E-state index contributed by atoms with van der Waals surface area (Å²) in [5.74, 6) is -0.651. The summed E-state index contributed by atoms with van der Waals surface area (Å²) >= 11 is 5.95. The Bertz CT molecular complexity index is 1270. The van der Waals surface area contributed by atoms with E-state index in [1.54, 1.807) is 18.2 Å². The summed E-state index contributed by atoms with van der Waals surface area (Å²) in [6, 6.07) is 20.3. The van der Waals surface area contributed by atoms with Crippen molar-refractivity contribution in [1.29, 1.82) is 5.26 Å². The highest BCUT2D eigenvalue weighted by Gasteiger charge is 2.13. The summed E-state index contributed by atoms with van der Waals surface area (Å²) in [4.78, 5) is 11.0. The topological polar surface area (TPSA) is 79.2 Å². The first-order valence-electron chi connectivity index (χ1n) is 8.83. The highest BCUT2D eigenvalue weighted by Crippen LogP contribution is 2.27. The molecule has 0 bridgehead atoms. The molecule has 0 fully saturated rings. The average Bonchev–Trinajstić information content (AvgIpc) is 3.33. The zero-order valence-electron chi connectivity index (χ0n) is 15.2. The van der Waals surface area contributed by atoms with Crippen LogP contribution in [0.4, 0.5) is 0 Å². The van der Waals surface area contributed by atoms with E-state index in [9.17, 15) is 10.1 Å². The number of aromatic nitrogens is 1. The quantitative estimate of drug-likeness (QED) is 0.434. The Balaban J connectivity index is 1.76. The molecule has 4 rings (SSSR count). The van der Waals surface area contributed by atoms with Gasteiger partial charge in [0.2, 0.25) is 5.76 Å². The summed E-state index contributed by atoms with van der Waals surface area (Å²) < 4.78 is 7.36. The summed E-state index contributed by atoms with van der Waals surface area (Å²) in [7, 11) is 0. The van der Waals surface area contributed by atoms with Crippen molar-refractivity contribution in [3.05, 3.63) is 94.5 Å². The van der Waals surface area contributed by atoms with Gasteiger partial charge in [0.15, 0.2) is 0 Å². The Morgan fingerprint density at radius 2 is 1.90 bits per heavy atom. The van der Waals surface area contributed by atoms with Crippen molar-refractivity contribution in [2.45, 2.75) is 6.54 Å². The lowest BCUT2D eigenvalue weighted by Crippen LogP contribution is -1.97. The van der Waals surface area contributed by atoms with Gasteiger partial charge in [-0.3, -0.25) is 0 Å². The van der Waals surface area contributed by atoms with Crippen LogP contribution in [0.3, 0.4) is 0 Å². The molecule has 0 aliphatic heterocycles. The second-order valence-corrected chi connectivity index (χ2v) is 6.91. The molecule has 2 aromatic heterocycles. The maximum Gasteiger partial charge on any atom is 0.371 e. The van der Waals surface area contributed by atoms with Crippen molar-refractivity contribution < 1.29 is 14.3 Å². The molecule has 29 heavy (non-hydrogen) atoms. The summed E-state index contributed by atoms with van der Waals surface area (Å²) in [6.07, 6.45) is 3.77. The van der Waals surface area contributed by atoms with E-state index in [-0.39, 0.29) is 5.76 Å². The van der Waals surface area contributed by atoms with Crippen molar-refractivity contribution in [3.63, 3.8) is 0 Å². The Morgan fingerprint density at radius 1 is 1.14 bits per heavy atom. The molecule has 0 aliphatic carbocycles. The van der Waals surface area contributed by atoms with Gasteiger partial charge in [-0.15, -0.1) is 0 Å². The van der Waals surface area contributed by atoms with Crippen molar-refractivity contribution >= 4 is 40.1 Å². The maximum absolute atomic E-state index is 11.0. The number of benzene rings is 2. The van der Waals surface area contributed by atoms with Crippen LogP contribution in [-0.2, 0) is 6.54 Å². The molecular formula is C23H15ClN2O3. The molecular weight excluding hydrogens is 388 g/mol. The van der Waals surface area contributed by atoms with Crippen LogP contribution in [0, 0.1) is 11.3 Å². The van der Waals surface area contributed by atoms with E-state index in [1.807, 2.05) is 53.2 Å². The largest absolute Gasteiger partial charge is 0.475 e. The normalized spacial score (nSPS) is 11.5. The molecule has 0 radical (unpaired) electrons. The standard InChI is InChI=1S/C23H15ClN2O3/c24-18-7-5-15(6-8-18)16(12-25)11-17-13-26(21-4-2-1-3-20(17)21)14-19-9-10-22(29-19)23(27)28/h1-11,13H,14H2,(H,27,28)/b16-11-. The van der Waals surface area contributed by atoms with Gasteiger partial charge in [0.05, 0.1) is 18.2 Å². The van der Waals surface area contributed by atoms with Crippen LogP contribution in [-0.4, -0.2) is 15.6 Å². The first-order chi connectivity index (χ1) is 14.0. The van der Waals surface area contributed by atoms with Gasteiger partial charge in [-0.25, -0.2) is 4.79 Å². The number of halogens is 1. The maximum atomic E-state index is 11.0. The lowest BCUT2D eigenvalue weighted by molar-refractivity contribution is 0.0660. The fraction of sp³-hybridized carbons (Fsp3) is 0.0435. The molecule has 0 spiro atoms. The molecule has 0 amide bonds. The van der Waals surface area contributed by atoms with Crippen LogP contribution >= 0.6 is 11.6 Å². The molecule has 5 nitrogen and oxygen atoms in total. The van der Waals surface area contributed by atoms with Gasteiger partial charge in [-0.05, 0) is 42.0 Å². The third-order valence-corrected chi connectivity index (χ3v) is 4.85. The number of nitriles is 1. The number of allylic oxidation sites excluding steroid dienone is 1. The van der Waals surface area contributed by atoms with E-state index in [2.05, 4.69) is 6.07 Å². The van der Waals surface area contributed by atoms with Crippen LogP contribution in [0.2, 0.25) is 5.02 Å². The van der Waals surface area contributed by atoms with Crippen molar-refractivity contribution in [2.24, 2.45) is 0 Å². The number of carbonyl (C=O) groups is 1. The molecule has 142 valence electrons. The van der Waals surface area contributed by atoms with Gasteiger partial charge < -0.3 is 14.1 Å². The monoisotopic (exact) mass is 402 g/mol. The number of nitrogens with zero attached hydrogens (tertiary/aromatic N) is 2. The molecule has 1 N–H and O–H groups in total. The first kappa shape index (κ1) is 18.6. The zero-order valence-corrected chi connectivity index (χ0v) is 15.9. The minimum Gasteiger partial charge on any atom is -0.475 e. The molecule has 2 heterocycles. The van der Waals surface area contributed by atoms with Gasteiger partial charge >= 0.3 is 5.97 Å². The lowest BCUT2D eigenvalue weighted by Gasteiger charge is -2.02. The smallest absolute Gasteiger partial charge is 0.371 e. The number of para-hydroxylation sites is 1. The van der Waals surface area contributed by atoms with Crippen LogP contribution in [0.25, 0.3) is 22.6 Å². The number of hydrogen-bond donors (Lipinski definition) is 1. The number of rotatable bonds is 5. The second-order valence-electron chi connectivity index (χ2n) is 6.48. The molecule has 4 aromatic rings. The van der Waals surface area contributed by atoms with Crippen molar-refractivity contribution in [2.75, 3.05) is 0 Å². The number of fused-ring (bicyclic) bond motifs is 1. The molecule has 0 saturated carbocycles. The number of carboxylic acid groups (broad SMARTS) is 1.